The summed E-state index contributed by atoms with van der Waals surface area (Å²) in [6.07, 6.45) is 1.69. The first-order valence-electron chi connectivity index (χ1n) is 8.40. The Hall–Kier alpha value is -2.48. The molecule has 0 aromatic heterocycles. The number of aldehydes is 1. The topological polar surface area (TPSA) is 35.5 Å². The maximum atomic E-state index is 11.3. The molecule has 3 nitrogen and oxygen atoms in total. The molecule has 26 heavy (non-hydrogen) atoms. The highest BCUT2D eigenvalue weighted by Crippen LogP contribution is 2.26. The Bertz CT molecular complexity index is 862. The molecule has 0 saturated carbocycles. The number of benzene rings is 3. The molecule has 3 aromatic carbocycles. The molecule has 3 aromatic rings. The van der Waals surface area contributed by atoms with Gasteiger partial charge < -0.3 is 9.47 Å². The summed E-state index contributed by atoms with van der Waals surface area (Å²) < 4.78 is 11.1. The van der Waals surface area contributed by atoms with Crippen molar-refractivity contribution in [1.82, 2.24) is 0 Å². The Kier molecular flexibility index (Phi) is 6.54. The van der Waals surface area contributed by atoms with Gasteiger partial charge in [0.15, 0.2) is 13.1 Å². The lowest BCUT2D eigenvalue weighted by Gasteiger charge is -2.16. The lowest BCUT2D eigenvalue weighted by atomic mass is 10.0. The number of carbonyl (C=O) groups is 1. The van der Waals surface area contributed by atoms with Crippen LogP contribution in [0.2, 0.25) is 0 Å². The van der Waals surface area contributed by atoms with E-state index in [2.05, 4.69) is 24.3 Å². The highest BCUT2D eigenvalue weighted by atomic mass is 31.1. The van der Waals surface area contributed by atoms with Crippen LogP contribution in [0, 0.1) is 0 Å². The van der Waals surface area contributed by atoms with Crippen molar-refractivity contribution in [3.05, 3.63) is 89.5 Å². The average Bonchev–Trinajstić information content (AvgIpc) is 2.69. The summed E-state index contributed by atoms with van der Waals surface area (Å²) in [6.45, 7) is 0.193. The maximum absolute atomic E-state index is 11.3. The van der Waals surface area contributed by atoms with Crippen molar-refractivity contribution in [2.75, 3.05) is 13.9 Å². The Labute approximate surface area is 155 Å². The fraction of sp³-hybridized carbons (Fsp3) is 0.136. The number of methoxy groups -OCH3 is 1. The minimum atomic E-state index is 0.193. The molecule has 0 aliphatic heterocycles. The maximum Gasteiger partial charge on any atom is 0.188 e. The summed E-state index contributed by atoms with van der Waals surface area (Å²) in [6, 6.07) is 24.2. The first-order chi connectivity index (χ1) is 12.8. The molecule has 0 aliphatic carbocycles. The second kappa shape index (κ2) is 9.28. The number of rotatable bonds is 8. The average molecular weight is 364 g/mol. The minimum Gasteiger partial charge on any atom is -0.467 e. The SMILES string of the molecule is COCOc1c(Cc2ccccc2)cccc1Pc1ccccc1C=O. The highest BCUT2D eigenvalue weighted by Gasteiger charge is 2.13. The van der Waals surface area contributed by atoms with Crippen LogP contribution in [0.1, 0.15) is 21.5 Å². The lowest BCUT2D eigenvalue weighted by Crippen LogP contribution is -2.14. The molecule has 0 radical (unpaired) electrons. The van der Waals surface area contributed by atoms with Crippen LogP contribution >= 0.6 is 8.58 Å². The van der Waals surface area contributed by atoms with Crippen LogP contribution in [-0.2, 0) is 11.2 Å². The zero-order valence-corrected chi connectivity index (χ0v) is 15.6. The third kappa shape index (κ3) is 4.57. The van der Waals surface area contributed by atoms with Crippen LogP contribution in [0.25, 0.3) is 0 Å². The molecular formula is C22H21O3P. The molecule has 0 spiro atoms. The first-order valence-corrected chi connectivity index (χ1v) is 9.40. The standard InChI is InChI=1S/C22H21O3P/c1-24-16-25-22-18(14-17-8-3-2-4-9-17)11-7-13-21(22)26-20-12-6-5-10-19(20)15-23/h2-13,15,26H,14,16H2,1H3. The van der Waals surface area contributed by atoms with Gasteiger partial charge in [-0.2, -0.15) is 0 Å². The molecule has 4 heteroatoms. The van der Waals surface area contributed by atoms with E-state index < -0.39 is 0 Å². The Morgan fingerprint density at radius 2 is 1.62 bits per heavy atom. The van der Waals surface area contributed by atoms with E-state index in [0.717, 1.165) is 40.2 Å². The summed E-state index contributed by atoms with van der Waals surface area (Å²) in [5.41, 5.74) is 3.06. The van der Waals surface area contributed by atoms with E-state index in [1.165, 1.54) is 5.56 Å². The summed E-state index contributed by atoms with van der Waals surface area (Å²) in [7, 11) is 1.95. The zero-order valence-electron chi connectivity index (χ0n) is 14.6. The van der Waals surface area contributed by atoms with Crippen LogP contribution in [0.4, 0.5) is 0 Å². The lowest BCUT2D eigenvalue weighted by molar-refractivity contribution is 0.0513. The Morgan fingerprint density at radius 1 is 0.885 bits per heavy atom. The van der Waals surface area contributed by atoms with Crippen LogP contribution < -0.4 is 15.3 Å². The molecule has 3 rings (SSSR count). The van der Waals surface area contributed by atoms with Gasteiger partial charge in [0, 0.05) is 24.4 Å². The highest BCUT2D eigenvalue weighted by molar-refractivity contribution is 7.56. The third-order valence-electron chi connectivity index (χ3n) is 4.01. The number of carbonyl (C=O) groups excluding carboxylic acids is 1. The molecule has 132 valence electrons. The van der Waals surface area contributed by atoms with E-state index in [4.69, 9.17) is 9.47 Å². The van der Waals surface area contributed by atoms with Crippen molar-refractivity contribution in [2.45, 2.75) is 6.42 Å². The van der Waals surface area contributed by atoms with Crippen molar-refractivity contribution in [3.63, 3.8) is 0 Å². The molecule has 0 fully saturated rings. The summed E-state index contributed by atoms with van der Waals surface area (Å²) in [5, 5.41) is 2.09. The molecule has 1 unspecified atom stereocenters. The first kappa shape index (κ1) is 18.3. The molecular weight excluding hydrogens is 343 g/mol. The number of hydrogen-bond donors (Lipinski definition) is 0. The molecule has 0 saturated heterocycles. The van der Waals surface area contributed by atoms with Gasteiger partial charge >= 0.3 is 0 Å². The van der Waals surface area contributed by atoms with Gasteiger partial charge in [0.2, 0.25) is 0 Å². The van der Waals surface area contributed by atoms with Gasteiger partial charge in [-0.1, -0.05) is 81.4 Å². The van der Waals surface area contributed by atoms with Crippen LogP contribution in [0.3, 0.4) is 0 Å². The van der Waals surface area contributed by atoms with Crippen molar-refractivity contribution >= 4 is 25.5 Å². The van der Waals surface area contributed by atoms with E-state index in [-0.39, 0.29) is 6.79 Å². The molecule has 0 N–H and O–H groups in total. The van der Waals surface area contributed by atoms with Crippen molar-refractivity contribution in [3.8, 4) is 5.75 Å². The van der Waals surface area contributed by atoms with E-state index in [1.807, 2.05) is 48.5 Å². The fourth-order valence-electron chi connectivity index (χ4n) is 2.79. The van der Waals surface area contributed by atoms with Gasteiger partial charge in [0.1, 0.15) is 5.75 Å². The van der Waals surface area contributed by atoms with Crippen LogP contribution in [0.15, 0.2) is 72.8 Å². The summed E-state index contributed by atoms with van der Waals surface area (Å²) in [4.78, 5) is 11.3. The zero-order chi connectivity index (χ0) is 18.2. The quantitative estimate of drug-likeness (QED) is 0.347. The number of ether oxygens (including phenoxy) is 2. The number of para-hydroxylation sites is 1. The van der Waals surface area contributed by atoms with Gasteiger partial charge in [-0.05, 0) is 16.4 Å². The predicted molar refractivity (Wildman–Crippen MR) is 108 cm³/mol. The Balaban J connectivity index is 1.96. The smallest absolute Gasteiger partial charge is 0.188 e. The van der Waals surface area contributed by atoms with Crippen molar-refractivity contribution in [1.29, 1.82) is 0 Å². The van der Waals surface area contributed by atoms with E-state index in [1.54, 1.807) is 7.11 Å². The number of hydrogen-bond acceptors (Lipinski definition) is 3. The van der Waals surface area contributed by atoms with E-state index >= 15 is 0 Å². The van der Waals surface area contributed by atoms with Crippen molar-refractivity contribution < 1.29 is 14.3 Å². The molecule has 0 amide bonds. The second-order valence-electron chi connectivity index (χ2n) is 5.84. The molecule has 0 aliphatic rings. The molecule has 1 atom stereocenters. The minimum absolute atomic E-state index is 0.193. The molecule has 0 bridgehead atoms. The van der Waals surface area contributed by atoms with Gasteiger partial charge in [0.25, 0.3) is 0 Å². The second-order valence-corrected chi connectivity index (χ2v) is 7.16. The molecule has 0 heterocycles. The van der Waals surface area contributed by atoms with Crippen LogP contribution in [0.5, 0.6) is 5.75 Å². The van der Waals surface area contributed by atoms with E-state index in [9.17, 15) is 4.79 Å². The van der Waals surface area contributed by atoms with Crippen LogP contribution in [-0.4, -0.2) is 20.2 Å². The van der Waals surface area contributed by atoms with Gasteiger partial charge in [0.05, 0.1) is 0 Å². The Morgan fingerprint density at radius 3 is 2.38 bits per heavy atom. The monoisotopic (exact) mass is 364 g/mol. The fourth-order valence-corrected chi connectivity index (χ4v) is 4.07. The summed E-state index contributed by atoms with van der Waals surface area (Å²) >= 11 is 0. The van der Waals surface area contributed by atoms with Gasteiger partial charge in [-0.25, -0.2) is 0 Å². The normalized spacial score (nSPS) is 11.0. The van der Waals surface area contributed by atoms with Gasteiger partial charge in [-0.15, -0.1) is 0 Å². The predicted octanol–water partition coefficient (Wildman–Crippen LogP) is 3.70. The third-order valence-corrected chi connectivity index (χ3v) is 5.40. The van der Waals surface area contributed by atoms with E-state index in [0.29, 0.717) is 8.58 Å². The van der Waals surface area contributed by atoms with Gasteiger partial charge in [-0.3, -0.25) is 4.79 Å². The summed E-state index contributed by atoms with van der Waals surface area (Å²) in [5.74, 6) is 0.845. The largest absolute Gasteiger partial charge is 0.467 e. The van der Waals surface area contributed by atoms with Crippen molar-refractivity contribution in [2.24, 2.45) is 0 Å².